The second-order valence-corrected chi connectivity index (χ2v) is 8.29. The zero-order valence-electron chi connectivity index (χ0n) is 14.5. The Hall–Kier alpha value is -2.57. The Balaban J connectivity index is 1.53. The minimum Gasteiger partial charge on any atom is -0.326 e. The summed E-state index contributed by atoms with van der Waals surface area (Å²) in [6.07, 6.45) is 0.370. The summed E-state index contributed by atoms with van der Waals surface area (Å²) in [6.45, 7) is 0. The number of benzene rings is 2. The van der Waals surface area contributed by atoms with Crippen molar-refractivity contribution in [2.24, 2.45) is 0 Å². The van der Waals surface area contributed by atoms with Crippen molar-refractivity contribution in [1.29, 1.82) is 0 Å². The van der Waals surface area contributed by atoms with Crippen molar-refractivity contribution in [1.82, 2.24) is 0 Å². The lowest BCUT2D eigenvalue weighted by molar-refractivity contribution is -0.116. The monoisotopic (exact) mass is 394 g/mol. The average Bonchev–Trinajstić information content (AvgIpc) is 3.32. The van der Waals surface area contributed by atoms with Crippen LogP contribution < -0.4 is 10.2 Å². The molecule has 0 aliphatic carbocycles. The van der Waals surface area contributed by atoms with E-state index in [1.165, 1.54) is 0 Å². The van der Waals surface area contributed by atoms with E-state index >= 15 is 0 Å². The number of thioether (sulfide) groups is 1. The Labute approximate surface area is 166 Å². The Morgan fingerprint density at radius 1 is 1.07 bits per heavy atom. The van der Waals surface area contributed by atoms with Crippen LogP contribution in [0.15, 0.2) is 72.1 Å². The molecule has 4 nitrogen and oxygen atoms in total. The van der Waals surface area contributed by atoms with E-state index in [4.69, 9.17) is 0 Å². The largest absolute Gasteiger partial charge is 0.326 e. The van der Waals surface area contributed by atoms with Gasteiger partial charge in [0.1, 0.15) is 5.37 Å². The van der Waals surface area contributed by atoms with Gasteiger partial charge in [-0.1, -0.05) is 36.4 Å². The van der Waals surface area contributed by atoms with E-state index in [1.807, 2.05) is 77.0 Å². The van der Waals surface area contributed by atoms with Crippen LogP contribution in [0, 0.1) is 0 Å². The van der Waals surface area contributed by atoms with E-state index in [1.54, 1.807) is 23.1 Å². The van der Waals surface area contributed by atoms with Crippen molar-refractivity contribution >= 4 is 46.3 Å². The van der Waals surface area contributed by atoms with Gasteiger partial charge in [-0.25, -0.2) is 0 Å². The van der Waals surface area contributed by atoms with Crippen molar-refractivity contribution in [3.05, 3.63) is 82.6 Å². The van der Waals surface area contributed by atoms with Crippen LogP contribution in [0.2, 0.25) is 0 Å². The van der Waals surface area contributed by atoms with Gasteiger partial charge in [0.2, 0.25) is 11.8 Å². The van der Waals surface area contributed by atoms with Gasteiger partial charge in [0.25, 0.3) is 0 Å². The van der Waals surface area contributed by atoms with E-state index in [0.717, 1.165) is 21.8 Å². The number of nitrogens with zero attached hydrogens (tertiary/aromatic N) is 1. The average molecular weight is 395 g/mol. The fourth-order valence-corrected chi connectivity index (χ4v) is 4.96. The van der Waals surface area contributed by atoms with Gasteiger partial charge in [-0.15, -0.1) is 23.1 Å². The molecule has 1 N–H and O–H groups in total. The number of amides is 2. The number of hydrogen-bond acceptors (Lipinski definition) is 4. The summed E-state index contributed by atoms with van der Waals surface area (Å²) in [5.41, 5.74) is 2.65. The van der Waals surface area contributed by atoms with Gasteiger partial charge in [0.15, 0.2) is 0 Å². The van der Waals surface area contributed by atoms with Crippen molar-refractivity contribution < 1.29 is 9.59 Å². The summed E-state index contributed by atoms with van der Waals surface area (Å²) in [5.74, 6) is 0.516. The number of nitrogens with one attached hydrogen (secondary N) is 1. The molecule has 1 aliphatic rings. The van der Waals surface area contributed by atoms with Crippen LogP contribution in [0.25, 0.3) is 0 Å². The molecule has 1 atom stereocenters. The van der Waals surface area contributed by atoms with Crippen molar-refractivity contribution in [3.8, 4) is 0 Å². The predicted octanol–water partition coefficient (Wildman–Crippen LogP) is 4.71. The van der Waals surface area contributed by atoms with E-state index < -0.39 is 0 Å². The Morgan fingerprint density at radius 2 is 1.93 bits per heavy atom. The Bertz CT molecular complexity index is 942. The zero-order valence-corrected chi connectivity index (χ0v) is 16.1. The van der Waals surface area contributed by atoms with Crippen LogP contribution in [0.1, 0.15) is 15.8 Å². The molecule has 1 saturated heterocycles. The highest BCUT2D eigenvalue weighted by Gasteiger charge is 2.34. The van der Waals surface area contributed by atoms with E-state index in [-0.39, 0.29) is 17.2 Å². The van der Waals surface area contributed by atoms with Gasteiger partial charge in [-0.2, -0.15) is 0 Å². The highest BCUT2D eigenvalue weighted by atomic mass is 32.2. The van der Waals surface area contributed by atoms with Crippen LogP contribution in [-0.2, 0) is 16.0 Å². The molecule has 0 saturated carbocycles. The number of anilines is 2. The molecular weight excluding hydrogens is 376 g/mol. The summed E-state index contributed by atoms with van der Waals surface area (Å²) >= 11 is 3.18. The molecule has 2 heterocycles. The third kappa shape index (κ3) is 4.07. The van der Waals surface area contributed by atoms with Gasteiger partial charge < -0.3 is 5.32 Å². The zero-order chi connectivity index (χ0) is 18.6. The molecule has 2 aromatic carbocycles. The van der Waals surface area contributed by atoms with Crippen LogP contribution in [0.4, 0.5) is 11.4 Å². The number of para-hydroxylation sites is 1. The number of hydrogen-bond donors (Lipinski definition) is 1. The fraction of sp³-hybridized carbons (Fsp3) is 0.143. The first-order valence-electron chi connectivity index (χ1n) is 8.61. The second-order valence-electron chi connectivity index (χ2n) is 6.19. The molecule has 2 amide bonds. The molecule has 27 heavy (non-hydrogen) atoms. The number of rotatable bonds is 5. The summed E-state index contributed by atoms with van der Waals surface area (Å²) in [7, 11) is 0. The van der Waals surface area contributed by atoms with Crippen molar-refractivity contribution in [2.45, 2.75) is 11.8 Å². The maximum Gasteiger partial charge on any atom is 0.238 e. The second kappa shape index (κ2) is 7.98. The first-order chi connectivity index (χ1) is 13.2. The SMILES string of the molecule is O=C(Cc1cccs1)Nc1cccc(C2SCC(=O)N2c2ccccc2)c1. The van der Waals surface area contributed by atoms with Crippen LogP contribution in [0.5, 0.6) is 0 Å². The summed E-state index contributed by atoms with van der Waals surface area (Å²) in [6, 6.07) is 21.4. The standard InChI is InChI=1S/C21H18N2O2S2/c24-19(13-18-10-5-11-26-18)22-16-7-4-6-15(12-16)21-23(20(25)14-27-21)17-8-2-1-3-9-17/h1-12,21H,13-14H2,(H,22,24). The summed E-state index contributed by atoms with van der Waals surface area (Å²) < 4.78 is 0. The third-order valence-electron chi connectivity index (χ3n) is 4.27. The van der Waals surface area contributed by atoms with Crippen LogP contribution >= 0.6 is 23.1 Å². The number of carbonyl (C=O) groups is 2. The van der Waals surface area contributed by atoms with E-state index in [0.29, 0.717) is 12.2 Å². The molecule has 136 valence electrons. The summed E-state index contributed by atoms with van der Waals surface area (Å²) in [5, 5.41) is 4.84. The highest BCUT2D eigenvalue weighted by Crippen LogP contribution is 2.42. The van der Waals surface area contributed by atoms with Gasteiger partial charge >= 0.3 is 0 Å². The quantitative estimate of drug-likeness (QED) is 0.682. The Kier molecular flexibility index (Phi) is 5.27. The molecule has 0 radical (unpaired) electrons. The minimum atomic E-state index is -0.0888. The smallest absolute Gasteiger partial charge is 0.238 e. The number of carbonyl (C=O) groups excluding carboxylic acids is 2. The van der Waals surface area contributed by atoms with E-state index in [9.17, 15) is 9.59 Å². The van der Waals surface area contributed by atoms with Gasteiger partial charge in [0.05, 0.1) is 12.2 Å². The van der Waals surface area contributed by atoms with Crippen molar-refractivity contribution in [2.75, 3.05) is 16.0 Å². The molecule has 1 fully saturated rings. The van der Waals surface area contributed by atoms with Crippen LogP contribution in [0.3, 0.4) is 0 Å². The molecule has 1 unspecified atom stereocenters. The fourth-order valence-electron chi connectivity index (χ4n) is 3.08. The molecule has 1 aliphatic heterocycles. The van der Waals surface area contributed by atoms with Gasteiger partial charge in [-0.05, 0) is 41.3 Å². The lowest BCUT2D eigenvalue weighted by Gasteiger charge is -2.24. The first-order valence-corrected chi connectivity index (χ1v) is 10.5. The molecule has 0 bridgehead atoms. The number of thiophene rings is 1. The lowest BCUT2D eigenvalue weighted by Crippen LogP contribution is -2.27. The maximum absolute atomic E-state index is 12.4. The van der Waals surface area contributed by atoms with Crippen LogP contribution in [-0.4, -0.2) is 17.6 Å². The molecule has 1 aromatic heterocycles. The molecule has 4 rings (SSSR count). The lowest BCUT2D eigenvalue weighted by atomic mass is 10.1. The first kappa shape index (κ1) is 17.8. The molecular formula is C21H18N2O2S2. The predicted molar refractivity (Wildman–Crippen MR) is 112 cm³/mol. The molecule has 3 aromatic rings. The van der Waals surface area contributed by atoms with Crippen molar-refractivity contribution in [3.63, 3.8) is 0 Å². The normalized spacial score (nSPS) is 16.5. The van der Waals surface area contributed by atoms with E-state index in [2.05, 4.69) is 5.32 Å². The van der Waals surface area contributed by atoms with Gasteiger partial charge in [-0.3, -0.25) is 14.5 Å². The summed E-state index contributed by atoms with van der Waals surface area (Å²) in [4.78, 5) is 27.6. The highest BCUT2D eigenvalue weighted by molar-refractivity contribution is 8.00. The topological polar surface area (TPSA) is 49.4 Å². The van der Waals surface area contributed by atoms with Gasteiger partial charge in [0, 0.05) is 16.3 Å². The third-order valence-corrected chi connectivity index (χ3v) is 6.36. The Morgan fingerprint density at radius 3 is 2.70 bits per heavy atom. The minimum absolute atomic E-state index is 0.0373. The molecule has 0 spiro atoms. The molecule has 6 heteroatoms. The maximum atomic E-state index is 12.4.